The second-order valence-corrected chi connectivity index (χ2v) is 10.4. The van der Waals surface area contributed by atoms with Crippen molar-refractivity contribution in [3.8, 4) is 0 Å². The van der Waals surface area contributed by atoms with Crippen LogP contribution in [0, 0.1) is 5.82 Å². The number of carboxylic acid groups (broad SMARTS) is 3. The molecule has 4 rings (SSSR count). The van der Waals surface area contributed by atoms with Gasteiger partial charge in [0.1, 0.15) is 5.82 Å². The quantitative estimate of drug-likeness (QED) is 0.213. The van der Waals surface area contributed by atoms with E-state index < -0.39 is 36.4 Å². The molecule has 1 saturated heterocycles. The van der Waals surface area contributed by atoms with Crippen LogP contribution in [0.5, 0.6) is 0 Å². The van der Waals surface area contributed by atoms with Gasteiger partial charge in [-0.15, -0.1) is 0 Å². The summed E-state index contributed by atoms with van der Waals surface area (Å²) in [5.74, 6) is -4.38. The van der Waals surface area contributed by atoms with Gasteiger partial charge in [-0.2, -0.15) is 0 Å². The number of aryl methyl sites for hydroxylation is 1. The van der Waals surface area contributed by atoms with Crippen LogP contribution in [0.3, 0.4) is 0 Å². The fraction of sp³-hybridized carbons (Fsp3) is 0.448. The number of anilines is 1. The van der Waals surface area contributed by atoms with Crippen LogP contribution in [0.15, 0.2) is 55.4 Å². The SMILES string of the molecule is Fc1cccc(CN(CCCn2ccnc2)Cc2cnc(N3CCCCC3)nc2)c1.O=C(O)CC(O)(CC(=O)O)C(=O)O. The molecular formula is C29H37FN6O7. The molecular weight excluding hydrogens is 563 g/mol. The molecule has 3 heterocycles. The largest absolute Gasteiger partial charge is 0.481 e. The molecule has 0 bridgehead atoms. The molecule has 0 unspecified atom stereocenters. The summed E-state index contributed by atoms with van der Waals surface area (Å²) in [6, 6.07) is 6.84. The predicted octanol–water partition coefficient (Wildman–Crippen LogP) is 2.65. The lowest BCUT2D eigenvalue weighted by atomic mass is 9.96. The van der Waals surface area contributed by atoms with Gasteiger partial charge < -0.3 is 29.9 Å². The molecule has 0 radical (unpaired) electrons. The number of hydrogen-bond acceptors (Lipinski definition) is 9. The van der Waals surface area contributed by atoms with E-state index in [0.29, 0.717) is 6.54 Å². The van der Waals surface area contributed by atoms with Crippen molar-refractivity contribution >= 4 is 23.9 Å². The van der Waals surface area contributed by atoms with Gasteiger partial charge in [0.05, 0.1) is 19.2 Å². The number of aliphatic carboxylic acids is 3. The molecule has 0 amide bonds. The van der Waals surface area contributed by atoms with Crippen LogP contribution in [0.2, 0.25) is 0 Å². The summed E-state index contributed by atoms with van der Waals surface area (Å²) in [6.07, 6.45) is 11.9. The summed E-state index contributed by atoms with van der Waals surface area (Å²) >= 11 is 0. The summed E-state index contributed by atoms with van der Waals surface area (Å²) in [5.41, 5.74) is -0.684. The molecule has 2 aromatic heterocycles. The molecule has 0 atom stereocenters. The average molecular weight is 601 g/mol. The van der Waals surface area contributed by atoms with Crippen LogP contribution in [0.25, 0.3) is 0 Å². The van der Waals surface area contributed by atoms with Gasteiger partial charge in [-0.3, -0.25) is 14.5 Å². The summed E-state index contributed by atoms with van der Waals surface area (Å²) in [4.78, 5) is 48.4. The van der Waals surface area contributed by atoms with Crippen LogP contribution < -0.4 is 4.90 Å². The third-order valence-electron chi connectivity index (χ3n) is 6.77. The standard InChI is InChI=1S/C23H29FN6.C6H8O7/c24-22-7-4-6-20(14-22)17-29(10-5-9-28-13-8-25-19-28)18-21-15-26-23(27-16-21)30-11-2-1-3-12-30;7-3(8)1-6(13,5(11)12)2-4(9)10/h4,6-8,13-16,19H,1-3,5,9-12,17-18H2;13H,1-2H2,(H,7,8)(H,9,10)(H,11,12). The zero-order valence-corrected chi connectivity index (χ0v) is 23.8. The number of halogens is 1. The van der Waals surface area contributed by atoms with Gasteiger partial charge in [0.2, 0.25) is 5.95 Å². The molecule has 0 aliphatic carbocycles. The van der Waals surface area contributed by atoms with Crippen LogP contribution in [-0.2, 0) is 34.0 Å². The summed E-state index contributed by atoms with van der Waals surface area (Å²) < 4.78 is 15.7. The first kappa shape index (κ1) is 33.1. The predicted molar refractivity (Wildman–Crippen MR) is 153 cm³/mol. The Hall–Kier alpha value is -4.43. The van der Waals surface area contributed by atoms with Crippen LogP contribution in [0.1, 0.15) is 49.7 Å². The van der Waals surface area contributed by atoms with E-state index in [9.17, 15) is 18.8 Å². The molecule has 43 heavy (non-hydrogen) atoms. The second-order valence-electron chi connectivity index (χ2n) is 10.4. The van der Waals surface area contributed by atoms with E-state index in [2.05, 4.69) is 29.3 Å². The van der Waals surface area contributed by atoms with Crippen LogP contribution in [-0.4, -0.2) is 88.0 Å². The number of imidazole rings is 1. The zero-order chi connectivity index (χ0) is 31.2. The highest BCUT2D eigenvalue weighted by atomic mass is 19.1. The number of aromatic nitrogens is 4. The average Bonchev–Trinajstić information content (AvgIpc) is 3.47. The number of nitrogens with zero attached hydrogens (tertiary/aromatic N) is 6. The van der Waals surface area contributed by atoms with Crippen molar-refractivity contribution in [1.82, 2.24) is 24.4 Å². The fourth-order valence-electron chi connectivity index (χ4n) is 4.66. The third kappa shape index (κ3) is 11.4. The topological polar surface area (TPSA) is 182 Å². The van der Waals surface area contributed by atoms with Gasteiger partial charge in [0.25, 0.3) is 0 Å². The maximum atomic E-state index is 13.7. The molecule has 0 spiro atoms. The van der Waals surface area contributed by atoms with Crippen molar-refractivity contribution in [3.05, 3.63) is 72.3 Å². The van der Waals surface area contributed by atoms with E-state index >= 15 is 0 Å². The molecule has 1 aromatic carbocycles. The van der Waals surface area contributed by atoms with Gasteiger partial charge in [0.15, 0.2) is 5.60 Å². The second kappa shape index (κ2) is 16.3. The van der Waals surface area contributed by atoms with Crippen LogP contribution in [0.4, 0.5) is 10.3 Å². The van der Waals surface area contributed by atoms with Gasteiger partial charge in [-0.1, -0.05) is 12.1 Å². The summed E-state index contributed by atoms with van der Waals surface area (Å²) in [5, 5.41) is 33.8. The number of benzene rings is 1. The Kier molecular flexibility index (Phi) is 12.5. The van der Waals surface area contributed by atoms with E-state index in [0.717, 1.165) is 56.2 Å². The van der Waals surface area contributed by atoms with E-state index in [-0.39, 0.29) is 5.82 Å². The van der Waals surface area contributed by atoms with Gasteiger partial charge in [-0.25, -0.2) is 24.1 Å². The third-order valence-corrected chi connectivity index (χ3v) is 6.77. The zero-order valence-electron chi connectivity index (χ0n) is 23.8. The van der Waals surface area contributed by atoms with Gasteiger partial charge in [-0.05, 0) is 43.4 Å². The first-order valence-corrected chi connectivity index (χ1v) is 13.9. The molecule has 0 saturated carbocycles. The lowest BCUT2D eigenvalue weighted by Crippen LogP contribution is -2.42. The van der Waals surface area contributed by atoms with E-state index in [1.165, 1.54) is 25.3 Å². The monoisotopic (exact) mass is 600 g/mol. The Bertz CT molecular complexity index is 1300. The van der Waals surface area contributed by atoms with Crippen molar-refractivity contribution in [2.75, 3.05) is 24.5 Å². The summed E-state index contributed by atoms with van der Waals surface area (Å²) in [6.45, 7) is 5.31. The molecule has 1 fully saturated rings. The Morgan fingerprint density at radius 2 is 1.60 bits per heavy atom. The van der Waals surface area contributed by atoms with Gasteiger partial charge >= 0.3 is 17.9 Å². The minimum atomic E-state index is -2.74. The number of carboxylic acids is 3. The maximum absolute atomic E-state index is 13.7. The fourth-order valence-corrected chi connectivity index (χ4v) is 4.66. The minimum Gasteiger partial charge on any atom is -0.481 e. The van der Waals surface area contributed by atoms with E-state index in [4.69, 9.17) is 20.4 Å². The van der Waals surface area contributed by atoms with Crippen molar-refractivity contribution in [2.45, 2.75) is 63.8 Å². The highest BCUT2D eigenvalue weighted by Gasteiger charge is 2.40. The lowest BCUT2D eigenvalue weighted by Gasteiger charge is -2.27. The Morgan fingerprint density at radius 3 is 2.16 bits per heavy atom. The molecule has 13 nitrogen and oxygen atoms in total. The molecule has 3 aromatic rings. The summed E-state index contributed by atoms with van der Waals surface area (Å²) in [7, 11) is 0. The first-order chi connectivity index (χ1) is 20.5. The Morgan fingerprint density at radius 1 is 0.953 bits per heavy atom. The van der Waals surface area contributed by atoms with E-state index in [1.807, 2.05) is 31.0 Å². The number of hydrogen-bond donors (Lipinski definition) is 4. The number of aliphatic hydroxyl groups is 1. The van der Waals surface area contributed by atoms with Gasteiger partial charge in [0, 0.05) is 69.6 Å². The molecule has 1 aliphatic rings. The molecule has 1 aliphatic heterocycles. The Balaban J connectivity index is 0.000000331. The highest BCUT2D eigenvalue weighted by molar-refractivity contribution is 5.88. The smallest absolute Gasteiger partial charge is 0.336 e. The molecule has 14 heteroatoms. The molecule has 232 valence electrons. The maximum Gasteiger partial charge on any atom is 0.336 e. The van der Waals surface area contributed by atoms with E-state index in [1.54, 1.807) is 18.3 Å². The number of piperidine rings is 1. The van der Waals surface area contributed by atoms with Crippen LogP contribution >= 0.6 is 0 Å². The Labute approximate surface area is 248 Å². The highest BCUT2D eigenvalue weighted by Crippen LogP contribution is 2.17. The normalized spacial score (nSPS) is 13.3. The number of carbonyl (C=O) groups is 3. The van der Waals surface area contributed by atoms with Crippen molar-refractivity contribution in [3.63, 3.8) is 0 Å². The first-order valence-electron chi connectivity index (χ1n) is 13.9. The minimum absolute atomic E-state index is 0.194. The lowest BCUT2D eigenvalue weighted by molar-refractivity contribution is -0.170. The van der Waals surface area contributed by atoms with Crippen molar-refractivity contribution < 1.29 is 39.2 Å². The van der Waals surface area contributed by atoms with Crippen molar-refractivity contribution in [1.29, 1.82) is 0 Å². The molecule has 4 N–H and O–H groups in total. The number of rotatable bonds is 14. The van der Waals surface area contributed by atoms with Crippen molar-refractivity contribution in [2.24, 2.45) is 0 Å².